The van der Waals surface area contributed by atoms with Crippen molar-refractivity contribution in [3.8, 4) is 11.3 Å². The quantitative estimate of drug-likeness (QED) is 0.296. The lowest BCUT2D eigenvalue weighted by molar-refractivity contribution is -0.493. The van der Waals surface area contributed by atoms with Gasteiger partial charge in [-0.15, -0.1) is 0 Å². The minimum atomic E-state index is -0.649. The number of anilines is 1. The Labute approximate surface area is 168 Å². The van der Waals surface area contributed by atoms with Crippen molar-refractivity contribution in [2.75, 3.05) is 5.32 Å². The highest BCUT2D eigenvalue weighted by molar-refractivity contribution is 6.32. The van der Waals surface area contributed by atoms with Crippen LogP contribution in [0.2, 0.25) is 5.02 Å². The summed E-state index contributed by atoms with van der Waals surface area (Å²) < 4.78 is 15.0. The number of pyridine rings is 1. The molecule has 0 fully saturated rings. The summed E-state index contributed by atoms with van der Waals surface area (Å²) in [6.45, 7) is 0. The lowest BCUT2D eigenvalue weighted by Gasteiger charge is -2.03. The van der Waals surface area contributed by atoms with E-state index in [1.165, 1.54) is 24.3 Å². The molecule has 0 unspecified atom stereocenters. The van der Waals surface area contributed by atoms with Gasteiger partial charge in [-0.25, -0.2) is 14.1 Å². The van der Waals surface area contributed by atoms with E-state index in [0.717, 1.165) is 6.07 Å². The number of carbonyl (C=O) groups excluding carboxylic acids is 1. The zero-order valence-electron chi connectivity index (χ0n) is 14.7. The van der Waals surface area contributed by atoms with E-state index in [4.69, 9.17) is 11.6 Å². The molecule has 0 radical (unpaired) electrons. The van der Waals surface area contributed by atoms with E-state index in [2.05, 4.69) is 10.3 Å². The fraction of sp³-hybridized carbons (Fsp3) is 0. The molecule has 0 saturated carbocycles. The summed E-state index contributed by atoms with van der Waals surface area (Å²) in [6, 6.07) is 15.1. The molecule has 7 nitrogen and oxygen atoms in total. The highest BCUT2D eigenvalue weighted by Gasteiger charge is 2.25. The third-order valence-corrected chi connectivity index (χ3v) is 4.68. The summed E-state index contributed by atoms with van der Waals surface area (Å²) in [4.78, 5) is 26.5. The Morgan fingerprint density at radius 1 is 1.14 bits per heavy atom. The van der Waals surface area contributed by atoms with Gasteiger partial charge in [0.15, 0.2) is 5.69 Å². The van der Waals surface area contributed by atoms with Gasteiger partial charge in [-0.1, -0.05) is 17.7 Å². The van der Waals surface area contributed by atoms with E-state index < -0.39 is 10.8 Å². The Hall–Kier alpha value is -3.78. The predicted molar refractivity (Wildman–Crippen MR) is 105 cm³/mol. The maximum Gasteiger partial charge on any atom is 0.312 e. The third-order valence-electron chi connectivity index (χ3n) is 4.36. The van der Waals surface area contributed by atoms with Crippen molar-refractivity contribution >= 4 is 34.7 Å². The lowest BCUT2D eigenvalue weighted by Crippen LogP contribution is -2.26. The first-order valence-corrected chi connectivity index (χ1v) is 8.85. The SMILES string of the molecule is O=C(Nc1c(-c2ccc(F)cc2)[nH]c2cccc[n+]12)c1ccc(Cl)c([N+](=O)[O-])c1. The second-order valence-electron chi connectivity index (χ2n) is 6.19. The molecule has 2 heterocycles. The molecule has 0 saturated heterocycles. The first-order chi connectivity index (χ1) is 13.9. The van der Waals surface area contributed by atoms with Crippen LogP contribution in [0, 0.1) is 15.9 Å². The van der Waals surface area contributed by atoms with Crippen LogP contribution in [0.25, 0.3) is 16.9 Å². The number of H-pyrrole nitrogens is 1. The van der Waals surface area contributed by atoms with Gasteiger partial charge in [0.1, 0.15) is 10.8 Å². The highest BCUT2D eigenvalue weighted by atomic mass is 35.5. The molecule has 0 aliphatic rings. The van der Waals surface area contributed by atoms with Crippen molar-refractivity contribution in [3.05, 3.63) is 93.4 Å². The van der Waals surface area contributed by atoms with E-state index in [1.807, 2.05) is 12.1 Å². The number of hydrogen-bond donors (Lipinski definition) is 2. The Kier molecular flexibility index (Phi) is 4.69. The molecule has 29 heavy (non-hydrogen) atoms. The fourth-order valence-electron chi connectivity index (χ4n) is 2.97. The minimum absolute atomic E-state index is 0.0555. The van der Waals surface area contributed by atoms with Gasteiger partial charge in [-0.3, -0.25) is 19.9 Å². The van der Waals surface area contributed by atoms with Gasteiger partial charge in [0.2, 0.25) is 5.65 Å². The lowest BCUT2D eigenvalue weighted by atomic mass is 10.1. The number of rotatable bonds is 4. The molecule has 2 aromatic heterocycles. The van der Waals surface area contributed by atoms with Gasteiger partial charge in [-0.05, 0) is 42.5 Å². The maximum absolute atomic E-state index is 13.3. The highest BCUT2D eigenvalue weighted by Crippen LogP contribution is 2.28. The number of nitro benzene ring substituents is 1. The van der Waals surface area contributed by atoms with E-state index in [0.29, 0.717) is 22.7 Å². The summed E-state index contributed by atoms with van der Waals surface area (Å²) in [5.41, 5.74) is 1.64. The molecule has 4 aromatic rings. The molecule has 2 N–H and O–H groups in total. The summed E-state index contributed by atoms with van der Waals surface area (Å²) in [5, 5.41) is 13.8. The summed E-state index contributed by atoms with van der Waals surface area (Å²) in [6.07, 6.45) is 1.75. The zero-order chi connectivity index (χ0) is 20.5. The number of fused-ring (bicyclic) bond motifs is 1. The second kappa shape index (κ2) is 7.33. The normalized spacial score (nSPS) is 10.8. The monoisotopic (exact) mass is 411 g/mol. The average molecular weight is 412 g/mol. The first-order valence-electron chi connectivity index (χ1n) is 8.47. The van der Waals surface area contributed by atoms with Crippen LogP contribution in [-0.2, 0) is 0 Å². The number of imidazole rings is 1. The minimum Gasteiger partial charge on any atom is -0.267 e. The summed E-state index contributed by atoms with van der Waals surface area (Å²) in [5.74, 6) is -0.517. The van der Waals surface area contributed by atoms with Crippen LogP contribution in [0.5, 0.6) is 0 Å². The van der Waals surface area contributed by atoms with E-state index in [-0.39, 0.29) is 22.1 Å². The van der Waals surface area contributed by atoms with Crippen LogP contribution in [-0.4, -0.2) is 15.8 Å². The average Bonchev–Trinajstić information content (AvgIpc) is 3.07. The molecule has 1 amide bonds. The number of aromatic amines is 1. The molecule has 0 atom stereocenters. The van der Waals surface area contributed by atoms with Crippen LogP contribution in [0.3, 0.4) is 0 Å². The molecule has 0 spiro atoms. The molecule has 9 heteroatoms. The Balaban J connectivity index is 1.78. The molecular weight excluding hydrogens is 399 g/mol. The van der Waals surface area contributed by atoms with Crippen LogP contribution in [0.1, 0.15) is 10.4 Å². The van der Waals surface area contributed by atoms with Crippen LogP contribution >= 0.6 is 11.6 Å². The number of carbonyl (C=O) groups is 1. The van der Waals surface area contributed by atoms with Crippen LogP contribution < -0.4 is 9.72 Å². The smallest absolute Gasteiger partial charge is 0.267 e. The summed E-state index contributed by atoms with van der Waals surface area (Å²) >= 11 is 5.82. The van der Waals surface area contributed by atoms with Gasteiger partial charge in [-0.2, -0.15) is 0 Å². The zero-order valence-corrected chi connectivity index (χ0v) is 15.5. The number of hydrogen-bond acceptors (Lipinski definition) is 3. The molecule has 144 valence electrons. The molecule has 2 aromatic carbocycles. The molecule has 0 bridgehead atoms. The van der Waals surface area contributed by atoms with Crippen molar-refractivity contribution in [1.82, 2.24) is 4.98 Å². The third kappa shape index (κ3) is 3.53. The van der Waals surface area contributed by atoms with Crippen LogP contribution in [0.4, 0.5) is 15.9 Å². The van der Waals surface area contributed by atoms with Gasteiger partial charge in [0.05, 0.1) is 16.7 Å². The number of amides is 1. The van der Waals surface area contributed by atoms with Gasteiger partial charge >= 0.3 is 5.91 Å². The first kappa shape index (κ1) is 18.6. The predicted octanol–water partition coefficient (Wildman–Crippen LogP) is 4.37. The second-order valence-corrected chi connectivity index (χ2v) is 6.60. The van der Waals surface area contributed by atoms with Crippen molar-refractivity contribution < 1.29 is 18.5 Å². The maximum atomic E-state index is 13.3. The number of nitrogens with one attached hydrogen (secondary N) is 2. The van der Waals surface area contributed by atoms with Gasteiger partial charge < -0.3 is 0 Å². The number of aromatic nitrogens is 2. The number of nitro groups is 1. The van der Waals surface area contributed by atoms with Crippen LogP contribution in [0.15, 0.2) is 66.9 Å². The Morgan fingerprint density at radius 2 is 1.90 bits per heavy atom. The van der Waals surface area contributed by atoms with Crippen molar-refractivity contribution in [1.29, 1.82) is 0 Å². The van der Waals surface area contributed by atoms with Crippen molar-refractivity contribution in [3.63, 3.8) is 0 Å². The number of nitrogens with zero attached hydrogens (tertiary/aromatic N) is 2. The fourth-order valence-corrected chi connectivity index (χ4v) is 3.16. The van der Waals surface area contributed by atoms with Crippen molar-refractivity contribution in [2.45, 2.75) is 0 Å². The standard InChI is InChI=1S/C20H12ClFN4O3/c21-15-9-6-13(11-16(15)26(28)29)20(27)24-19-18(12-4-7-14(22)8-5-12)23-17-3-1-2-10-25(17)19/h1-11H,(H,24,27)/p+1. The Morgan fingerprint density at radius 3 is 2.62 bits per heavy atom. The van der Waals surface area contributed by atoms with E-state index >= 15 is 0 Å². The Bertz CT molecular complexity index is 1250. The van der Waals surface area contributed by atoms with Gasteiger partial charge in [0, 0.05) is 17.7 Å². The van der Waals surface area contributed by atoms with Gasteiger partial charge in [0.25, 0.3) is 11.5 Å². The largest absolute Gasteiger partial charge is 0.312 e. The van der Waals surface area contributed by atoms with E-state index in [9.17, 15) is 19.3 Å². The number of benzene rings is 2. The molecule has 0 aliphatic carbocycles. The topological polar surface area (TPSA) is 92.1 Å². The van der Waals surface area contributed by atoms with E-state index in [1.54, 1.807) is 28.8 Å². The molecular formula is C20H13ClFN4O3+. The number of halogens is 2. The summed E-state index contributed by atoms with van der Waals surface area (Å²) in [7, 11) is 0. The molecule has 0 aliphatic heterocycles. The van der Waals surface area contributed by atoms with Crippen molar-refractivity contribution in [2.24, 2.45) is 0 Å². The molecule has 4 rings (SSSR count).